The first-order valence-corrected chi connectivity index (χ1v) is 6.24. The van der Waals surface area contributed by atoms with Gasteiger partial charge in [-0.2, -0.15) is 0 Å². The lowest BCUT2D eigenvalue weighted by Crippen LogP contribution is -2.49. The van der Waals surface area contributed by atoms with Crippen LogP contribution >= 0.6 is 0 Å². The van der Waals surface area contributed by atoms with Crippen LogP contribution in [-0.4, -0.2) is 59.0 Å². The van der Waals surface area contributed by atoms with E-state index in [1.54, 1.807) is 0 Å². The van der Waals surface area contributed by atoms with Crippen LogP contribution in [0.15, 0.2) is 0 Å². The molecule has 0 amide bonds. The van der Waals surface area contributed by atoms with Crippen LogP contribution in [0.3, 0.4) is 0 Å². The Hall–Kier alpha value is -0.650. The van der Waals surface area contributed by atoms with Gasteiger partial charge in [-0.25, -0.2) is 4.79 Å². The fraction of sp³-hybridized carbons (Fsp3) is 0.917. The van der Waals surface area contributed by atoms with E-state index in [1.807, 2.05) is 13.8 Å². The Morgan fingerprint density at radius 1 is 1.41 bits per heavy atom. The molecule has 2 N–H and O–H groups in total. The molecule has 0 aromatic rings. The average molecular weight is 245 g/mol. The molecule has 5 heteroatoms. The standard InChI is InChI=1S/C12H23NO4/c1-10(2)17-9-3-6-13-7-4-12(16,5-8-13)11(14)15/h10,16H,3-9H2,1-2H3,(H,14,15). The summed E-state index contributed by atoms with van der Waals surface area (Å²) in [7, 11) is 0. The maximum absolute atomic E-state index is 10.8. The van der Waals surface area contributed by atoms with Crippen LogP contribution in [0.5, 0.6) is 0 Å². The second-order valence-corrected chi connectivity index (χ2v) is 4.95. The summed E-state index contributed by atoms with van der Waals surface area (Å²) < 4.78 is 5.44. The molecule has 1 fully saturated rings. The van der Waals surface area contributed by atoms with E-state index in [0.29, 0.717) is 25.9 Å². The molecule has 0 aliphatic carbocycles. The van der Waals surface area contributed by atoms with E-state index in [-0.39, 0.29) is 6.10 Å². The third-order valence-corrected chi connectivity index (χ3v) is 3.15. The van der Waals surface area contributed by atoms with Gasteiger partial charge in [0.2, 0.25) is 0 Å². The molecule has 100 valence electrons. The molecule has 17 heavy (non-hydrogen) atoms. The van der Waals surface area contributed by atoms with Crippen molar-refractivity contribution in [3.8, 4) is 0 Å². The molecular formula is C12H23NO4. The third-order valence-electron chi connectivity index (χ3n) is 3.15. The number of aliphatic carboxylic acids is 1. The molecule has 0 saturated carbocycles. The van der Waals surface area contributed by atoms with E-state index >= 15 is 0 Å². The van der Waals surface area contributed by atoms with E-state index in [1.165, 1.54) is 0 Å². The van der Waals surface area contributed by atoms with Crippen LogP contribution < -0.4 is 0 Å². The van der Waals surface area contributed by atoms with Gasteiger partial charge in [-0.05, 0) is 33.1 Å². The van der Waals surface area contributed by atoms with E-state index < -0.39 is 11.6 Å². The monoisotopic (exact) mass is 245 g/mol. The quantitative estimate of drug-likeness (QED) is 0.675. The fourth-order valence-corrected chi connectivity index (χ4v) is 1.97. The van der Waals surface area contributed by atoms with E-state index in [2.05, 4.69) is 4.90 Å². The summed E-state index contributed by atoms with van der Waals surface area (Å²) in [6.45, 7) is 6.94. The number of nitrogens with zero attached hydrogens (tertiary/aromatic N) is 1. The van der Waals surface area contributed by atoms with E-state index in [0.717, 1.165) is 19.6 Å². The number of aliphatic hydroxyl groups is 1. The number of likely N-dealkylation sites (tertiary alicyclic amines) is 1. The predicted molar refractivity (Wildman–Crippen MR) is 64.0 cm³/mol. The van der Waals surface area contributed by atoms with Crippen molar-refractivity contribution in [2.75, 3.05) is 26.2 Å². The number of carbonyl (C=O) groups is 1. The van der Waals surface area contributed by atoms with Crippen molar-refractivity contribution >= 4 is 5.97 Å². The zero-order valence-electron chi connectivity index (χ0n) is 10.7. The number of piperidine rings is 1. The molecule has 0 spiro atoms. The Bertz CT molecular complexity index is 247. The van der Waals surface area contributed by atoms with Gasteiger partial charge >= 0.3 is 5.97 Å². The number of carboxylic acid groups (broad SMARTS) is 1. The zero-order valence-corrected chi connectivity index (χ0v) is 10.7. The van der Waals surface area contributed by atoms with Crippen LogP contribution in [-0.2, 0) is 9.53 Å². The summed E-state index contributed by atoms with van der Waals surface area (Å²) in [6.07, 6.45) is 1.83. The number of carboxylic acids is 1. The van der Waals surface area contributed by atoms with Gasteiger partial charge in [0, 0.05) is 26.2 Å². The highest BCUT2D eigenvalue weighted by Gasteiger charge is 2.38. The SMILES string of the molecule is CC(C)OCCCN1CCC(O)(C(=O)O)CC1. The highest BCUT2D eigenvalue weighted by atomic mass is 16.5. The minimum atomic E-state index is -1.51. The third kappa shape index (κ3) is 4.61. The summed E-state index contributed by atoms with van der Waals surface area (Å²) in [4.78, 5) is 13.0. The smallest absolute Gasteiger partial charge is 0.335 e. The maximum Gasteiger partial charge on any atom is 0.335 e. The Balaban J connectivity index is 2.17. The summed E-state index contributed by atoms with van der Waals surface area (Å²) in [6, 6.07) is 0. The van der Waals surface area contributed by atoms with Crippen LogP contribution in [0.2, 0.25) is 0 Å². The highest BCUT2D eigenvalue weighted by Crippen LogP contribution is 2.22. The molecule has 0 unspecified atom stereocenters. The van der Waals surface area contributed by atoms with Gasteiger partial charge < -0.3 is 19.8 Å². The van der Waals surface area contributed by atoms with Crippen molar-refractivity contribution in [1.82, 2.24) is 4.90 Å². The summed E-state index contributed by atoms with van der Waals surface area (Å²) >= 11 is 0. The molecule has 1 saturated heterocycles. The van der Waals surface area contributed by atoms with Crippen LogP contribution in [0.1, 0.15) is 33.1 Å². The summed E-state index contributed by atoms with van der Waals surface area (Å²) in [5.74, 6) is -1.10. The van der Waals surface area contributed by atoms with Gasteiger partial charge in [-0.1, -0.05) is 0 Å². The Morgan fingerprint density at radius 3 is 2.47 bits per heavy atom. The second-order valence-electron chi connectivity index (χ2n) is 4.95. The Labute approximate surface area is 102 Å². The van der Waals surface area contributed by atoms with Crippen LogP contribution in [0.25, 0.3) is 0 Å². The second kappa shape index (κ2) is 6.33. The zero-order chi connectivity index (χ0) is 12.9. The highest BCUT2D eigenvalue weighted by molar-refractivity contribution is 5.77. The van der Waals surface area contributed by atoms with Crippen molar-refractivity contribution in [3.63, 3.8) is 0 Å². The topological polar surface area (TPSA) is 70.0 Å². The molecule has 5 nitrogen and oxygen atoms in total. The van der Waals surface area contributed by atoms with Crippen molar-refractivity contribution in [2.24, 2.45) is 0 Å². The fourth-order valence-electron chi connectivity index (χ4n) is 1.97. The largest absolute Gasteiger partial charge is 0.479 e. The van der Waals surface area contributed by atoms with Gasteiger partial charge in [0.05, 0.1) is 6.10 Å². The molecule has 1 heterocycles. The van der Waals surface area contributed by atoms with Crippen LogP contribution in [0.4, 0.5) is 0 Å². The van der Waals surface area contributed by atoms with Gasteiger partial charge in [0.1, 0.15) is 0 Å². The number of ether oxygens (including phenoxy) is 1. The van der Waals surface area contributed by atoms with Crippen molar-refractivity contribution in [1.29, 1.82) is 0 Å². The van der Waals surface area contributed by atoms with Crippen LogP contribution in [0, 0.1) is 0 Å². The lowest BCUT2D eigenvalue weighted by Gasteiger charge is -2.35. The van der Waals surface area contributed by atoms with Gasteiger partial charge in [-0.15, -0.1) is 0 Å². The number of hydrogen-bond donors (Lipinski definition) is 2. The Morgan fingerprint density at radius 2 is 2.00 bits per heavy atom. The minimum Gasteiger partial charge on any atom is -0.479 e. The molecular weight excluding hydrogens is 222 g/mol. The lowest BCUT2D eigenvalue weighted by molar-refractivity contribution is -0.163. The lowest BCUT2D eigenvalue weighted by atomic mass is 9.91. The molecule has 0 aromatic carbocycles. The first-order chi connectivity index (χ1) is 7.94. The summed E-state index contributed by atoms with van der Waals surface area (Å²) in [5, 5.41) is 18.6. The van der Waals surface area contributed by atoms with Gasteiger partial charge in [0.15, 0.2) is 5.60 Å². The first kappa shape index (κ1) is 14.4. The van der Waals surface area contributed by atoms with Gasteiger partial charge in [-0.3, -0.25) is 0 Å². The maximum atomic E-state index is 10.8. The van der Waals surface area contributed by atoms with Gasteiger partial charge in [0.25, 0.3) is 0 Å². The predicted octanol–water partition coefficient (Wildman–Crippen LogP) is 0.713. The normalized spacial score (nSPS) is 20.7. The Kier molecular flexibility index (Phi) is 5.36. The number of hydrogen-bond acceptors (Lipinski definition) is 4. The molecule has 1 aliphatic rings. The first-order valence-electron chi connectivity index (χ1n) is 6.24. The molecule has 1 aliphatic heterocycles. The summed E-state index contributed by atoms with van der Waals surface area (Å²) in [5.41, 5.74) is -1.51. The number of rotatable bonds is 6. The molecule has 0 radical (unpaired) electrons. The van der Waals surface area contributed by atoms with Crippen molar-refractivity contribution < 1.29 is 19.7 Å². The van der Waals surface area contributed by atoms with E-state index in [4.69, 9.17) is 9.84 Å². The minimum absolute atomic E-state index is 0.258. The van der Waals surface area contributed by atoms with Crippen molar-refractivity contribution in [2.45, 2.75) is 44.8 Å². The molecule has 1 rings (SSSR count). The molecule has 0 aromatic heterocycles. The molecule has 0 atom stereocenters. The van der Waals surface area contributed by atoms with E-state index in [9.17, 15) is 9.90 Å². The molecule has 0 bridgehead atoms. The average Bonchev–Trinajstić information content (AvgIpc) is 2.26. The van der Waals surface area contributed by atoms with Crippen molar-refractivity contribution in [3.05, 3.63) is 0 Å².